The maximum atomic E-state index is 11.6. The molecule has 0 amide bonds. The largest absolute Gasteiger partial charge is 0.369 e. The van der Waals surface area contributed by atoms with Crippen LogP contribution in [-0.4, -0.2) is 24.5 Å². The van der Waals surface area contributed by atoms with Crippen LogP contribution in [0.1, 0.15) is 5.56 Å². The number of fused-ring (bicyclic) bond motifs is 1. The normalized spacial score (nSPS) is 11.8. The highest BCUT2D eigenvalue weighted by Crippen LogP contribution is 2.24. The number of nitrogens with one attached hydrogen (secondary N) is 1. The van der Waals surface area contributed by atoms with Gasteiger partial charge < -0.3 is 9.88 Å². The van der Waals surface area contributed by atoms with Gasteiger partial charge in [0.2, 0.25) is 10.0 Å². The van der Waals surface area contributed by atoms with E-state index in [1.165, 1.54) is 12.3 Å². The first-order valence-corrected chi connectivity index (χ1v) is 9.24. The van der Waals surface area contributed by atoms with E-state index in [0.29, 0.717) is 18.0 Å². The van der Waals surface area contributed by atoms with Crippen molar-refractivity contribution < 1.29 is 8.42 Å². The Bertz CT molecular complexity index is 998. The average Bonchev–Trinajstić information content (AvgIpc) is 2.83. The van der Waals surface area contributed by atoms with E-state index < -0.39 is 10.0 Å². The molecule has 1 aromatic carbocycles. The van der Waals surface area contributed by atoms with Crippen LogP contribution in [0, 0.1) is 0 Å². The van der Waals surface area contributed by atoms with E-state index >= 15 is 0 Å². The predicted octanol–water partition coefficient (Wildman–Crippen LogP) is 2.53. The second-order valence-electron chi connectivity index (χ2n) is 5.50. The Balaban J connectivity index is 1.79. The number of halogens is 1. The average molecular weight is 365 g/mol. The molecule has 0 radical (unpaired) electrons. The molecule has 3 aromatic rings. The van der Waals surface area contributed by atoms with Crippen molar-refractivity contribution in [1.29, 1.82) is 0 Å². The lowest BCUT2D eigenvalue weighted by atomic mass is 10.1. The first-order valence-electron chi connectivity index (χ1n) is 7.31. The second-order valence-corrected chi connectivity index (χ2v) is 7.46. The van der Waals surface area contributed by atoms with Crippen molar-refractivity contribution in [2.24, 2.45) is 12.2 Å². The zero-order valence-corrected chi connectivity index (χ0v) is 14.6. The number of nitrogens with two attached hydrogens (primary N) is 1. The van der Waals surface area contributed by atoms with Gasteiger partial charge in [-0.05, 0) is 36.2 Å². The smallest absolute Gasteiger partial charge is 0.241 e. The van der Waals surface area contributed by atoms with Gasteiger partial charge in [0.1, 0.15) is 10.7 Å². The SMILES string of the molecule is Cn1cc(CCNc2ncccc2S(N)(=O)=O)c2ccc(Cl)cc21. The third-order valence-electron chi connectivity index (χ3n) is 3.80. The molecule has 0 aliphatic rings. The highest BCUT2D eigenvalue weighted by atomic mass is 35.5. The third-order valence-corrected chi connectivity index (χ3v) is 4.98. The van der Waals surface area contributed by atoms with Crippen molar-refractivity contribution >= 4 is 38.3 Å². The van der Waals surface area contributed by atoms with Gasteiger partial charge >= 0.3 is 0 Å². The molecule has 3 N–H and O–H groups in total. The molecule has 8 heteroatoms. The number of aryl methyl sites for hydroxylation is 1. The summed E-state index contributed by atoms with van der Waals surface area (Å²) in [5, 5.41) is 10.1. The first-order chi connectivity index (χ1) is 11.4. The lowest BCUT2D eigenvalue weighted by molar-refractivity contribution is 0.597. The molecule has 0 bridgehead atoms. The van der Waals surface area contributed by atoms with E-state index in [-0.39, 0.29) is 10.7 Å². The zero-order chi connectivity index (χ0) is 17.3. The van der Waals surface area contributed by atoms with E-state index in [9.17, 15) is 8.42 Å². The molecule has 2 aromatic heterocycles. The standard InChI is InChI=1S/C16H17ClN4O2S/c1-21-10-11(13-5-4-12(17)9-14(13)21)6-8-20-16-15(24(18,22)23)3-2-7-19-16/h2-5,7,9-10H,6,8H2,1H3,(H,19,20)(H2,18,22,23). The Labute approximate surface area is 145 Å². The summed E-state index contributed by atoms with van der Waals surface area (Å²) in [5.41, 5.74) is 2.20. The van der Waals surface area contributed by atoms with E-state index in [2.05, 4.69) is 10.3 Å². The predicted molar refractivity (Wildman–Crippen MR) is 95.7 cm³/mol. The van der Waals surface area contributed by atoms with Crippen LogP contribution < -0.4 is 10.5 Å². The molecule has 3 rings (SSSR count). The Morgan fingerprint density at radius 1 is 1.33 bits per heavy atom. The molecular formula is C16H17ClN4O2S. The summed E-state index contributed by atoms with van der Waals surface area (Å²) in [7, 11) is -1.84. The maximum absolute atomic E-state index is 11.6. The van der Waals surface area contributed by atoms with Gasteiger partial charge in [-0.25, -0.2) is 18.5 Å². The van der Waals surface area contributed by atoms with Crippen LogP contribution in [0.5, 0.6) is 0 Å². The van der Waals surface area contributed by atoms with Crippen LogP contribution in [0.15, 0.2) is 47.6 Å². The van der Waals surface area contributed by atoms with Crippen molar-refractivity contribution in [3.05, 3.63) is 53.3 Å². The molecular weight excluding hydrogens is 348 g/mol. The van der Waals surface area contributed by atoms with Crippen LogP contribution >= 0.6 is 11.6 Å². The van der Waals surface area contributed by atoms with Crippen LogP contribution in [0.25, 0.3) is 10.9 Å². The van der Waals surface area contributed by atoms with E-state index in [4.69, 9.17) is 16.7 Å². The van der Waals surface area contributed by atoms with E-state index in [1.807, 2.05) is 36.0 Å². The minimum absolute atomic E-state index is 0.00491. The number of primary sulfonamides is 1. The molecule has 0 fully saturated rings. The molecule has 6 nitrogen and oxygen atoms in total. The summed E-state index contributed by atoms with van der Waals surface area (Å²) >= 11 is 6.04. The number of hydrogen-bond acceptors (Lipinski definition) is 4. The van der Waals surface area contributed by atoms with Crippen molar-refractivity contribution in [2.75, 3.05) is 11.9 Å². The molecule has 126 valence electrons. The second kappa shape index (κ2) is 6.43. The van der Waals surface area contributed by atoms with Gasteiger partial charge in [0, 0.05) is 41.9 Å². The summed E-state index contributed by atoms with van der Waals surface area (Å²) in [4.78, 5) is 4.06. The summed E-state index contributed by atoms with van der Waals surface area (Å²) in [6, 6.07) is 8.75. The van der Waals surface area contributed by atoms with Gasteiger partial charge in [0.05, 0.1) is 0 Å². The molecule has 24 heavy (non-hydrogen) atoms. The Kier molecular flexibility index (Phi) is 4.49. The number of hydrogen-bond donors (Lipinski definition) is 2. The maximum Gasteiger partial charge on any atom is 0.241 e. The molecule has 0 unspecified atom stereocenters. The fraction of sp³-hybridized carbons (Fsp3) is 0.188. The fourth-order valence-corrected chi connectivity index (χ4v) is 3.54. The van der Waals surface area contributed by atoms with Gasteiger partial charge in [-0.1, -0.05) is 17.7 Å². The minimum Gasteiger partial charge on any atom is -0.369 e. The summed E-state index contributed by atoms with van der Waals surface area (Å²) in [6.07, 6.45) is 4.28. The molecule has 2 heterocycles. The van der Waals surface area contributed by atoms with Gasteiger partial charge in [0.15, 0.2) is 0 Å². The highest BCUT2D eigenvalue weighted by molar-refractivity contribution is 7.89. The Morgan fingerprint density at radius 2 is 2.12 bits per heavy atom. The number of sulfonamides is 1. The van der Waals surface area contributed by atoms with E-state index in [1.54, 1.807) is 6.07 Å². The Morgan fingerprint density at radius 3 is 2.88 bits per heavy atom. The molecule has 0 aliphatic heterocycles. The highest BCUT2D eigenvalue weighted by Gasteiger charge is 2.14. The number of rotatable bonds is 5. The number of benzene rings is 1. The van der Waals surface area contributed by atoms with Crippen LogP contribution in [0.2, 0.25) is 5.02 Å². The third kappa shape index (κ3) is 3.38. The lowest BCUT2D eigenvalue weighted by Gasteiger charge is -2.09. The van der Waals surface area contributed by atoms with Gasteiger partial charge in [0.25, 0.3) is 0 Å². The monoisotopic (exact) mass is 364 g/mol. The van der Waals surface area contributed by atoms with Crippen LogP contribution in [0.4, 0.5) is 5.82 Å². The first kappa shape index (κ1) is 16.8. The van der Waals surface area contributed by atoms with Crippen molar-refractivity contribution in [3.63, 3.8) is 0 Å². The lowest BCUT2D eigenvalue weighted by Crippen LogP contribution is -2.16. The summed E-state index contributed by atoms with van der Waals surface area (Å²) in [6.45, 7) is 0.529. The summed E-state index contributed by atoms with van der Waals surface area (Å²) < 4.78 is 25.2. The van der Waals surface area contributed by atoms with Crippen LogP contribution in [-0.2, 0) is 23.5 Å². The number of aromatic nitrogens is 2. The van der Waals surface area contributed by atoms with E-state index in [0.717, 1.165) is 16.5 Å². The summed E-state index contributed by atoms with van der Waals surface area (Å²) in [5.74, 6) is 0.267. The molecule has 0 saturated heterocycles. The molecule has 0 spiro atoms. The number of nitrogens with zero attached hydrogens (tertiary/aromatic N) is 2. The van der Waals surface area contributed by atoms with Gasteiger partial charge in [-0.15, -0.1) is 0 Å². The quantitative estimate of drug-likeness (QED) is 0.727. The molecule has 0 saturated carbocycles. The zero-order valence-electron chi connectivity index (χ0n) is 13.0. The van der Waals surface area contributed by atoms with Crippen molar-refractivity contribution in [3.8, 4) is 0 Å². The molecule has 0 aliphatic carbocycles. The molecule has 0 atom stereocenters. The van der Waals surface area contributed by atoms with Crippen molar-refractivity contribution in [2.45, 2.75) is 11.3 Å². The topological polar surface area (TPSA) is 90.0 Å². The Hall–Kier alpha value is -2.09. The van der Waals surface area contributed by atoms with Crippen LogP contribution in [0.3, 0.4) is 0 Å². The van der Waals surface area contributed by atoms with Gasteiger partial charge in [-0.2, -0.15) is 0 Å². The fourth-order valence-electron chi connectivity index (χ4n) is 2.71. The number of anilines is 1. The minimum atomic E-state index is -3.81. The number of pyridine rings is 1. The van der Waals surface area contributed by atoms with Gasteiger partial charge in [-0.3, -0.25) is 0 Å². The van der Waals surface area contributed by atoms with Crippen molar-refractivity contribution in [1.82, 2.24) is 9.55 Å².